The number of aromatic nitrogens is 3. The number of halogens is 3. The molecule has 166 valence electrons. The summed E-state index contributed by atoms with van der Waals surface area (Å²) in [5, 5.41) is 14.5. The van der Waals surface area contributed by atoms with Gasteiger partial charge in [0.1, 0.15) is 12.7 Å². The number of nitrogens with zero attached hydrogens (tertiary/aromatic N) is 2. The van der Waals surface area contributed by atoms with E-state index < -0.39 is 24.5 Å². The standard InChI is InChI=1S/C21H24F3N4O2P/c1-31(2,30)16-7-5-6-13-14(10-25-18(13)16)17-15(21(22,23)24)11-26-19(28-17)27-12-20(29)8-3-4-9-20/h5-7,10-11,25,29H,3-4,8-9,12H2,1-2H3,(H,26,27,28). The minimum atomic E-state index is -4.65. The Kier molecular flexibility index (Phi) is 5.38. The number of nitrogens with one attached hydrogen (secondary N) is 2. The van der Waals surface area contributed by atoms with Gasteiger partial charge in [0.05, 0.1) is 16.8 Å². The van der Waals surface area contributed by atoms with Crippen molar-refractivity contribution in [2.45, 2.75) is 37.5 Å². The monoisotopic (exact) mass is 452 g/mol. The highest BCUT2D eigenvalue weighted by Crippen LogP contribution is 2.42. The van der Waals surface area contributed by atoms with Crippen LogP contribution in [0.5, 0.6) is 0 Å². The van der Waals surface area contributed by atoms with Crippen molar-refractivity contribution in [3.05, 3.63) is 36.2 Å². The van der Waals surface area contributed by atoms with Gasteiger partial charge in [-0.3, -0.25) is 0 Å². The van der Waals surface area contributed by atoms with Gasteiger partial charge in [-0.05, 0) is 32.2 Å². The number of rotatable bonds is 5. The Morgan fingerprint density at radius 3 is 2.61 bits per heavy atom. The molecule has 0 unspecified atom stereocenters. The van der Waals surface area contributed by atoms with E-state index >= 15 is 0 Å². The molecule has 0 aliphatic heterocycles. The minimum absolute atomic E-state index is 0.0190. The molecule has 1 fully saturated rings. The van der Waals surface area contributed by atoms with Crippen LogP contribution in [0.4, 0.5) is 19.1 Å². The van der Waals surface area contributed by atoms with Crippen molar-refractivity contribution in [2.75, 3.05) is 25.2 Å². The van der Waals surface area contributed by atoms with E-state index in [2.05, 4.69) is 20.3 Å². The number of H-pyrrole nitrogens is 1. The molecule has 1 aliphatic carbocycles. The summed E-state index contributed by atoms with van der Waals surface area (Å²) in [6.07, 6.45) is 0.650. The van der Waals surface area contributed by atoms with E-state index in [1.807, 2.05) is 0 Å². The Balaban J connectivity index is 1.80. The molecule has 0 radical (unpaired) electrons. The number of para-hydroxylation sites is 1. The molecule has 0 bridgehead atoms. The predicted octanol–water partition coefficient (Wildman–Crippen LogP) is 4.61. The van der Waals surface area contributed by atoms with Crippen LogP contribution in [0.25, 0.3) is 22.2 Å². The van der Waals surface area contributed by atoms with Gasteiger partial charge in [-0.2, -0.15) is 13.2 Å². The molecular weight excluding hydrogens is 428 g/mol. The zero-order chi connectivity index (χ0) is 22.4. The number of hydrogen-bond acceptors (Lipinski definition) is 5. The molecule has 31 heavy (non-hydrogen) atoms. The summed E-state index contributed by atoms with van der Waals surface area (Å²) < 4.78 is 53.9. The van der Waals surface area contributed by atoms with E-state index in [9.17, 15) is 22.8 Å². The van der Waals surface area contributed by atoms with Crippen molar-refractivity contribution in [3.63, 3.8) is 0 Å². The second kappa shape index (κ2) is 7.64. The quantitative estimate of drug-likeness (QED) is 0.492. The van der Waals surface area contributed by atoms with Gasteiger partial charge in [-0.1, -0.05) is 25.0 Å². The van der Waals surface area contributed by atoms with Crippen molar-refractivity contribution < 1.29 is 22.8 Å². The minimum Gasteiger partial charge on any atom is -0.388 e. The highest BCUT2D eigenvalue weighted by molar-refractivity contribution is 7.70. The Morgan fingerprint density at radius 2 is 1.97 bits per heavy atom. The third-order valence-electron chi connectivity index (χ3n) is 5.73. The van der Waals surface area contributed by atoms with Gasteiger partial charge < -0.3 is 20.0 Å². The first kappa shape index (κ1) is 21.8. The lowest BCUT2D eigenvalue weighted by atomic mass is 10.0. The zero-order valence-electron chi connectivity index (χ0n) is 17.3. The normalized spacial score (nSPS) is 16.7. The number of anilines is 1. The molecule has 1 saturated carbocycles. The Labute approximate surface area is 177 Å². The summed E-state index contributed by atoms with van der Waals surface area (Å²) in [6, 6.07) is 5.07. The first-order valence-electron chi connectivity index (χ1n) is 10.0. The lowest BCUT2D eigenvalue weighted by Gasteiger charge is -2.22. The van der Waals surface area contributed by atoms with Crippen LogP contribution in [-0.4, -0.2) is 45.5 Å². The van der Waals surface area contributed by atoms with E-state index in [0.29, 0.717) is 29.0 Å². The highest BCUT2D eigenvalue weighted by atomic mass is 31.2. The molecule has 0 saturated heterocycles. The van der Waals surface area contributed by atoms with Gasteiger partial charge >= 0.3 is 6.18 Å². The van der Waals surface area contributed by atoms with Crippen molar-refractivity contribution >= 4 is 29.3 Å². The summed E-state index contributed by atoms with van der Waals surface area (Å²) in [5.41, 5.74) is -1.34. The summed E-state index contributed by atoms with van der Waals surface area (Å²) >= 11 is 0. The summed E-state index contributed by atoms with van der Waals surface area (Å²) in [5.74, 6) is 0.0190. The van der Waals surface area contributed by atoms with E-state index in [0.717, 1.165) is 19.0 Å². The van der Waals surface area contributed by atoms with Crippen molar-refractivity contribution in [1.29, 1.82) is 0 Å². The Hall–Kier alpha value is -2.38. The van der Waals surface area contributed by atoms with Gasteiger partial charge in [0, 0.05) is 35.2 Å². The van der Waals surface area contributed by atoms with Crippen LogP contribution in [0.15, 0.2) is 30.6 Å². The van der Waals surface area contributed by atoms with Crippen LogP contribution in [0.1, 0.15) is 31.2 Å². The maximum absolute atomic E-state index is 13.7. The SMILES string of the molecule is CP(C)(=O)c1cccc2c(-c3nc(NCC4(O)CCCC4)ncc3C(F)(F)F)c[nH]c12. The second-order valence-corrected chi connectivity index (χ2v) is 11.7. The van der Waals surface area contributed by atoms with E-state index in [1.54, 1.807) is 31.5 Å². The van der Waals surface area contributed by atoms with Crippen molar-refractivity contribution in [1.82, 2.24) is 15.0 Å². The molecule has 3 aromatic rings. The lowest BCUT2D eigenvalue weighted by molar-refractivity contribution is -0.137. The molecule has 0 atom stereocenters. The summed E-state index contributed by atoms with van der Waals surface area (Å²) in [6.45, 7) is 3.40. The molecule has 6 nitrogen and oxygen atoms in total. The zero-order valence-corrected chi connectivity index (χ0v) is 18.1. The molecule has 4 rings (SSSR count). The van der Waals surface area contributed by atoms with Crippen LogP contribution in [-0.2, 0) is 10.7 Å². The number of hydrogen-bond donors (Lipinski definition) is 3. The van der Waals surface area contributed by atoms with Crippen LogP contribution in [0.2, 0.25) is 0 Å². The lowest BCUT2D eigenvalue weighted by Crippen LogP contribution is -2.34. The third-order valence-corrected chi connectivity index (χ3v) is 7.27. The molecule has 2 heterocycles. The van der Waals surface area contributed by atoms with Gasteiger partial charge in [0.25, 0.3) is 0 Å². The van der Waals surface area contributed by atoms with Crippen LogP contribution >= 0.6 is 7.14 Å². The molecule has 0 amide bonds. The fraction of sp³-hybridized carbons (Fsp3) is 0.429. The number of benzene rings is 1. The van der Waals surface area contributed by atoms with Gasteiger partial charge in [0.15, 0.2) is 0 Å². The highest BCUT2D eigenvalue weighted by Gasteiger charge is 2.37. The topological polar surface area (TPSA) is 90.9 Å². The number of aliphatic hydroxyl groups is 1. The third kappa shape index (κ3) is 4.34. The van der Waals surface area contributed by atoms with Gasteiger partial charge in [-0.25, -0.2) is 9.97 Å². The van der Waals surface area contributed by atoms with Gasteiger partial charge in [0.2, 0.25) is 5.95 Å². The second-order valence-electron chi connectivity index (χ2n) is 8.49. The summed E-state index contributed by atoms with van der Waals surface area (Å²) in [7, 11) is -2.65. The maximum Gasteiger partial charge on any atom is 0.419 e. The number of alkyl halides is 3. The van der Waals surface area contributed by atoms with Crippen molar-refractivity contribution in [3.8, 4) is 11.3 Å². The molecule has 0 spiro atoms. The largest absolute Gasteiger partial charge is 0.419 e. The van der Waals surface area contributed by atoms with Crippen LogP contribution < -0.4 is 10.6 Å². The molecular formula is C21H24F3N4O2P. The average Bonchev–Trinajstić information content (AvgIpc) is 3.31. The maximum atomic E-state index is 13.7. The van der Waals surface area contributed by atoms with E-state index in [1.165, 1.54) is 6.20 Å². The summed E-state index contributed by atoms with van der Waals surface area (Å²) in [4.78, 5) is 11.0. The number of aromatic amines is 1. The van der Waals surface area contributed by atoms with Crippen LogP contribution in [0.3, 0.4) is 0 Å². The molecule has 1 aromatic carbocycles. The fourth-order valence-electron chi connectivity index (χ4n) is 4.12. The Bertz CT molecular complexity index is 1160. The first-order valence-corrected chi connectivity index (χ1v) is 12.6. The van der Waals surface area contributed by atoms with Crippen LogP contribution in [0, 0.1) is 0 Å². The van der Waals surface area contributed by atoms with Gasteiger partial charge in [-0.15, -0.1) is 0 Å². The molecule has 10 heteroatoms. The smallest absolute Gasteiger partial charge is 0.388 e. The van der Waals surface area contributed by atoms with E-state index in [4.69, 9.17) is 0 Å². The van der Waals surface area contributed by atoms with E-state index in [-0.39, 0.29) is 23.8 Å². The molecule has 3 N–H and O–H groups in total. The molecule has 1 aliphatic rings. The predicted molar refractivity (Wildman–Crippen MR) is 115 cm³/mol. The molecule has 2 aromatic heterocycles. The number of fused-ring (bicyclic) bond motifs is 1. The Morgan fingerprint density at radius 1 is 1.26 bits per heavy atom. The van der Waals surface area contributed by atoms with Crippen molar-refractivity contribution in [2.24, 2.45) is 0 Å². The fourth-order valence-corrected chi connectivity index (χ4v) is 5.28. The first-order chi connectivity index (χ1) is 14.5. The average molecular weight is 452 g/mol.